The topological polar surface area (TPSA) is 440 Å². The minimum absolute atomic E-state index is 0.0216. The van der Waals surface area contributed by atoms with Crippen LogP contribution in [0.2, 0.25) is 0 Å². The summed E-state index contributed by atoms with van der Waals surface area (Å²) in [5.41, 5.74) is 16.6. The van der Waals surface area contributed by atoms with Crippen LogP contribution >= 0.6 is 21.6 Å². The Morgan fingerprint density at radius 2 is 1.35 bits per heavy atom. The largest absolute Gasteiger partial charge is 0.508 e. The monoisotopic (exact) mass is 1160 g/mol. The number of nitrogens with one attached hydrogen (secondary N) is 8. The first-order valence-electron chi connectivity index (χ1n) is 24.7. The van der Waals surface area contributed by atoms with Gasteiger partial charge in [0.25, 0.3) is 0 Å². The average molecular weight is 1160 g/mol. The molecule has 1 aromatic carbocycles. The molecule has 12 amide bonds. The number of carboxylic acids is 1. The van der Waals surface area contributed by atoms with Gasteiger partial charge in [0.2, 0.25) is 70.9 Å². The van der Waals surface area contributed by atoms with E-state index in [1.54, 1.807) is 27.7 Å². The van der Waals surface area contributed by atoms with Gasteiger partial charge in [-0.05, 0) is 55.2 Å². The van der Waals surface area contributed by atoms with Crippen molar-refractivity contribution in [3.63, 3.8) is 0 Å². The lowest BCUT2D eigenvalue weighted by molar-refractivity contribution is -0.192. The number of aromatic hydroxyl groups is 1. The zero-order chi connectivity index (χ0) is 59.9. The molecule has 0 bridgehead atoms. The van der Waals surface area contributed by atoms with Crippen LogP contribution in [-0.4, -0.2) is 171 Å². The van der Waals surface area contributed by atoms with E-state index in [-0.39, 0.29) is 49.0 Å². The number of nitrogens with two attached hydrogens (primary N) is 3. The highest BCUT2D eigenvalue weighted by Gasteiger charge is 2.41. The fourth-order valence-corrected chi connectivity index (χ4v) is 10.0. The van der Waals surface area contributed by atoms with Crippen LogP contribution in [0.15, 0.2) is 24.3 Å². The molecule has 2 heterocycles. The third kappa shape index (κ3) is 24.0. The Morgan fingerprint density at radius 3 is 1.90 bits per heavy atom. The van der Waals surface area contributed by atoms with Crippen molar-refractivity contribution in [2.24, 2.45) is 29.0 Å². The number of rotatable bonds is 18. The van der Waals surface area contributed by atoms with Gasteiger partial charge in [0.05, 0.1) is 13.0 Å². The highest BCUT2D eigenvalue weighted by Crippen LogP contribution is 2.26. The van der Waals surface area contributed by atoms with Gasteiger partial charge in [0.15, 0.2) is 0 Å². The molecule has 0 radical (unpaired) electrons. The van der Waals surface area contributed by atoms with E-state index in [9.17, 15) is 75.8 Å². The minimum atomic E-state index is -5.08. The Bertz CT molecular complexity index is 2390. The number of phenols is 1. The first-order valence-corrected chi connectivity index (χ1v) is 27.2. The lowest BCUT2D eigenvalue weighted by Gasteiger charge is -2.31. The Balaban J connectivity index is 0.00000284. The van der Waals surface area contributed by atoms with Crippen LogP contribution in [0, 0.1) is 11.8 Å². The third-order valence-corrected chi connectivity index (χ3v) is 14.3. The van der Waals surface area contributed by atoms with Crippen LogP contribution in [0.4, 0.5) is 13.2 Å². The number of halogens is 3. The number of carbonyl (C=O) groups excluding carboxylic acids is 12. The van der Waals surface area contributed by atoms with Crippen molar-refractivity contribution in [3.05, 3.63) is 29.8 Å². The van der Waals surface area contributed by atoms with Crippen molar-refractivity contribution in [1.82, 2.24) is 47.4 Å². The van der Waals surface area contributed by atoms with E-state index >= 15 is 0 Å². The van der Waals surface area contributed by atoms with Crippen molar-refractivity contribution in [2.45, 2.75) is 140 Å². The maximum Gasteiger partial charge on any atom is 0.490 e. The Hall–Kier alpha value is -7.38. The first kappa shape index (κ1) is 67.7. The number of carbonyl (C=O) groups is 13. The predicted octanol–water partition coefficient (Wildman–Crippen LogP) is -2.80. The Kier molecular flexibility index (Phi) is 27.9. The lowest BCUT2D eigenvalue weighted by Crippen LogP contribution is -2.62. The van der Waals surface area contributed by atoms with Crippen molar-refractivity contribution >= 4 is 98.4 Å². The first-order chi connectivity index (χ1) is 36.8. The molecular weight excluding hydrogens is 1090 g/mol. The number of carboxylic acid groups (broad SMARTS) is 1. The van der Waals surface area contributed by atoms with Crippen LogP contribution < -0.4 is 59.7 Å². The van der Waals surface area contributed by atoms with Gasteiger partial charge in [-0.3, -0.25) is 57.5 Å². The second kappa shape index (κ2) is 32.5. The number of likely N-dealkylation sites (tertiary alicyclic amines) is 1. The molecule has 0 aromatic heterocycles. The number of benzene rings is 1. The molecule has 0 aliphatic carbocycles. The zero-order valence-corrected chi connectivity index (χ0v) is 45.5. The smallest absolute Gasteiger partial charge is 0.490 e. The summed E-state index contributed by atoms with van der Waals surface area (Å²) in [5, 5.41) is 37.4. The number of primary amides is 3. The second-order valence-corrected chi connectivity index (χ2v) is 21.4. The molecule has 0 saturated carbocycles. The Morgan fingerprint density at radius 1 is 0.785 bits per heavy atom. The fraction of sp³-hybridized carbons (Fsp3) is 0.596. The van der Waals surface area contributed by atoms with Crippen molar-refractivity contribution in [1.29, 1.82) is 0 Å². The number of hydrogen-bond acceptors (Lipinski definition) is 16. The number of nitrogens with zero attached hydrogens (tertiary/aromatic N) is 1. The van der Waals surface area contributed by atoms with Crippen molar-refractivity contribution < 1.29 is 85.7 Å². The molecule has 2 aliphatic rings. The van der Waals surface area contributed by atoms with E-state index in [0.717, 1.165) is 21.6 Å². The van der Waals surface area contributed by atoms with Crippen LogP contribution in [0.25, 0.3) is 0 Å². The Labute approximate surface area is 459 Å². The van der Waals surface area contributed by atoms with Crippen molar-refractivity contribution in [3.8, 4) is 5.75 Å². The van der Waals surface area contributed by atoms with E-state index in [4.69, 9.17) is 27.1 Å². The van der Waals surface area contributed by atoms with E-state index in [2.05, 4.69) is 42.5 Å². The number of phenolic OH excluding ortho intramolecular Hbond substituents is 1. The molecule has 9 atom stereocenters. The van der Waals surface area contributed by atoms with E-state index in [1.165, 1.54) is 36.1 Å². The van der Waals surface area contributed by atoms with Gasteiger partial charge in [0.1, 0.15) is 54.1 Å². The minimum Gasteiger partial charge on any atom is -0.508 e. The summed E-state index contributed by atoms with van der Waals surface area (Å²) in [7, 11) is 1.95. The molecule has 2 fully saturated rings. The summed E-state index contributed by atoms with van der Waals surface area (Å²) in [6.45, 7) is 7.68. The molecule has 2 aliphatic heterocycles. The quantitative estimate of drug-likeness (QED) is 0.0661. The van der Waals surface area contributed by atoms with Gasteiger partial charge < -0.3 is 74.8 Å². The number of amides is 12. The summed E-state index contributed by atoms with van der Waals surface area (Å²) < 4.78 is 31.7. The number of hydrogen-bond donors (Lipinski definition) is 13. The van der Waals surface area contributed by atoms with Gasteiger partial charge in [0, 0.05) is 37.8 Å². The molecule has 2 saturated heterocycles. The molecule has 3 rings (SSSR count). The summed E-state index contributed by atoms with van der Waals surface area (Å²) in [4.78, 5) is 171. The summed E-state index contributed by atoms with van der Waals surface area (Å²) in [6, 6.07) is -5.48. The maximum atomic E-state index is 14.6. The van der Waals surface area contributed by atoms with Gasteiger partial charge in [-0.25, -0.2) is 4.79 Å². The standard InChI is InChI=1S/C45H68N12O13S2.C2HF3O2/c1-6-23(4)37-44(69)51-27(13-14-34(46)60)39(64)53-30(18-35(47)61)40(65)55-32(45(70)57-15-7-8-33(57)43(68)54-28(16-22(2)3)38(63)49-19-36(48)62)21-72-71-20-31(50-24(5)58)42(67)52-29(41(66)56-37)17-25-9-11-26(59)12-10-25;3-2(4,5)1(6)7/h9-12,22-23,27-33,37,59H,6-8,13-21H2,1-5H3,(H2,46,60)(H2,47,61)(H2,48,62)(H,49,63)(H,50,58)(H,51,69)(H,52,67)(H,53,64)(H,54,68)(H,55,65)(H,56,66);(H,6,7)/t23-,27-,28-,29-,30-,31-,32-,33-,37-;/m0./s1. The summed E-state index contributed by atoms with van der Waals surface area (Å²) >= 11 is 0. The normalized spacial score (nSPS) is 22.6. The molecule has 0 spiro atoms. The zero-order valence-electron chi connectivity index (χ0n) is 43.9. The van der Waals surface area contributed by atoms with Crippen LogP contribution in [0.1, 0.15) is 85.1 Å². The fourth-order valence-electron chi connectivity index (χ4n) is 7.68. The van der Waals surface area contributed by atoms with Crippen LogP contribution in [-0.2, 0) is 68.7 Å². The van der Waals surface area contributed by atoms with Gasteiger partial charge in [-0.1, -0.05) is 67.8 Å². The lowest BCUT2D eigenvalue weighted by atomic mass is 9.96. The SMILES string of the molecule is CC[C@H](C)[C@@H]1NC(=O)[C@H](Cc2ccc(O)cc2)NC(=O)[C@@H](NC(C)=O)CSSC[C@@H](C(=O)N2CCC[C@H]2C(=O)N[C@@H](CC(C)C)C(=O)NCC(N)=O)NC(=O)[C@H](CC(N)=O)NC(=O)[C@H](CCC(N)=O)NC1=O.O=C(O)C(F)(F)F. The molecule has 0 unspecified atom stereocenters. The highest BCUT2D eigenvalue weighted by molar-refractivity contribution is 8.76. The third-order valence-electron chi connectivity index (χ3n) is 11.9. The van der Waals surface area contributed by atoms with Crippen LogP contribution in [0.3, 0.4) is 0 Å². The van der Waals surface area contributed by atoms with Gasteiger partial charge in [-0.15, -0.1) is 0 Å². The molecule has 79 heavy (non-hydrogen) atoms. The average Bonchev–Trinajstić information content (AvgIpc) is 3.85. The number of alkyl halides is 3. The summed E-state index contributed by atoms with van der Waals surface area (Å²) in [5.74, 6) is -14.3. The molecule has 16 N–H and O–H groups in total. The van der Waals surface area contributed by atoms with Crippen LogP contribution in [0.5, 0.6) is 5.75 Å². The molecule has 440 valence electrons. The molecule has 1 aromatic rings. The van der Waals surface area contributed by atoms with E-state index in [0.29, 0.717) is 18.4 Å². The van der Waals surface area contributed by atoms with Gasteiger partial charge in [-0.2, -0.15) is 13.2 Å². The molecular formula is C47H69F3N12O15S2. The highest BCUT2D eigenvalue weighted by atomic mass is 33.1. The van der Waals surface area contributed by atoms with Crippen molar-refractivity contribution in [2.75, 3.05) is 24.6 Å². The maximum absolute atomic E-state index is 14.6. The van der Waals surface area contributed by atoms with E-state index < -0.39 is 163 Å². The molecule has 32 heteroatoms. The second-order valence-electron chi connectivity index (χ2n) is 18.9. The van der Waals surface area contributed by atoms with E-state index in [1.807, 2.05) is 0 Å². The predicted molar refractivity (Wildman–Crippen MR) is 278 cm³/mol. The van der Waals surface area contributed by atoms with Gasteiger partial charge >= 0.3 is 12.1 Å². The summed E-state index contributed by atoms with van der Waals surface area (Å²) in [6.07, 6.45) is -5.99. The molecule has 27 nitrogen and oxygen atoms in total. The number of aliphatic carboxylic acids is 1.